The maximum Gasteiger partial charge on any atom is 0.306 e. The lowest BCUT2D eigenvalue weighted by Gasteiger charge is -2.35. The number of esters is 1. The Morgan fingerprint density at radius 2 is 1.82 bits per heavy atom. The first-order valence-electron chi connectivity index (χ1n) is 20.5. The maximum absolute atomic E-state index is 14.8. The molecule has 12 nitrogen and oxygen atoms in total. The molecule has 1 saturated heterocycles. The molecule has 2 aromatic rings. The third-order valence-corrected chi connectivity index (χ3v) is 14.7. The molecular weight excluding hydrogens is 735 g/mol. The zero-order chi connectivity index (χ0) is 40.0. The molecule has 1 aromatic carbocycles. The van der Waals surface area contributed by atoms with Gasteiger partial charge in [0.2, 0.25) is 21.8 Å². The summed E-state index contributed by atoms with van der Waals surface area (Å²) in [7, 11) is -2.24. The summed E-state index contributed by atoms with van der Waals surface area (Å²) in [5, 5.41) is 0.233. The zero-order valence-corrected chi connectivity index (χ0v) is 34.0. The van der Waals surface area contributed by atoms with Crippen molar-refractivity contribution >= 4 is 44.5 Å². The van der Waals surface area contributed by atoms with Crippen LogP contribution in [0.2, 0.25) is 0 Å². The third kappa shape index (κ3) is 8.48. The highest BCUT2D eigenvalue weighted by molar-refractivity contribution is 7.90. The van der Waals surface area contributed by atoms with E-state index in [-0.39, 0.29) is 61.9 Å². The van der Waals surface area contributed by atoms with Crippen molar-refractivity contribution in [1.82, 2.24) is 14.6 Å². The standard InChI is InChI=1S/C43H57N3O9S/c1-6-28-23-43(28,41(50)45-56(51,52)31-16-17-31)24-36(47)35-21-30-25-46(35)40(49)32(42(2,3)4)22-39(48)55-37-14-10-12-26(37)11-8-7-9-13-34-38(54-30)20-27-19-29(53-5)15-18-33(27)44-34/h6,15,18-20,26,28,30-32,35,37H,1,7-14,16-17,21-25H2,2-5H3,(H,45,50)/t26-,28+,30-,32-,35+,37?,43-/m1/s1. The lowest BCUT2D eigenvalue weighted by atomic mass is 9.77. The second-order valence-electron chi connectivity index (χ2n) is 17.9. The summed E-state index contributed by atoms with van der Waals surface area (Å²) < 4.78 is 46.2. The number of allylic oxidation sites excluding steroid dienone is 1. The minimum absolute atomic E-state index is 0.0807. The van der Waals surface area contributed by atoms with Crippen molar-refractivity contribution < 1.29 is 41.8 Å². The van der Waals surface area contributed by atoms with Crippen molar-refractivity contribution in [2.24, 2.45) is 28.6 Å². The summed E-state index contributed by atoms with van der Waals surface area (Å²) >= 11 is 0. The van der Waals surface area contributed by atoms with Crippen molar-refractivity contribution in [2.45, 2.75) is 134 Å². The first-order valence-corrected chi connectivity index (χ1v) is 22.0. The minimum Gasteiger partial charge on any atom is -0.497 e. The van der Waals surface area contributed by atoms with Gasteiger partial charge in [-0.1, -0.05) is 39.7 Å². The molecule has 56 heavy (non-hydrogen) atoms. The van der Waals surface area contributed by atoms with E-state index in [2.05, 4.69) is 11.3 Å². The smallest absolute Gasteiger partial charge is 0.306 e. The number of pyridine rings is 1. The van der Waals surface area contributed by atoms with Crippen molar-refractivity contribution in [1.29, 1.82) is 0 Å². The molecule has 3 heterocycles. The maximum atomic E-state index is 14.8. The first-order chi connectivity index (χ1) is 26.6. The Labute approximate surface area is 330 Å². The fourth-order valence-corrected chi connectivity index (χ4v) is 10.6. The summed E-state index contributed by atoms with van der Waals surface area (Å²) in [4.78, 5) is 63.3. The number of aromatic nitrogens is 1. The molecule has 1 N–H and O–H groups in total. The number of benzene rings is 1. The summed E-state index contributed by atoms with van der Waals surface area (Å²) in [6, 6.07) is 6.69. The quantitative estimate of drug-likeness (QED) is 0.240. The molecule has 2 aliphatic heterocycles. The summed E-state index contributed by atoms with van der Waals surface area (Å²) in [5.74, 6) is -1.46. The number of ether oxygens (including phenoxy) is 3. The predicted molar refractivity (Wildman–Crippen MR) is 210 cm³/mol. The lowest BCUT2D eigenvalue weighted by Crippen LogP contribution is -2.48. The Hall–Kier alpha value is -4.00. The summed E-state index contributed by atoms with van der Waals surface area (Å²) in [6.45, 7) is 9.67. The van der Waals surface area contributed by atoms with E-state index < -0.39 is 56.0 Å². The number of nitrogens with zero attached hydrogens (tertiary/aromatic N) is 2. The van der Waals surface area contributed by atoms with Crippen LogP contribution in [0.3, 0.4) is 0 Å². The number of carbonyl (C=O) groups is 4. The van der Waals surface area contributed by atoms with Crippen LogP contribution in [0, 0.1) is 28.6 Å². The highest BCUT2D eigenvalue weighted by Gasteiger charge is 2.61. The average molecular weight is 792 g/mol. The number of carbonyl (C=O) groups excluding carboxylic acids is 4. The van der Waals surface area contributed by atoms with Crippen molar-refractivity contribution in [3.8, 4) is 11.5 Å². The number of sulfonamides is 1. The van der Waals surface area contributed by atoms with Crippen LogP contribution in [0.25, 0.3) is 10.9 Å². The fraction of sp³-hybridized carbons (Fsp3) is 0.651. The lowest BCUT2D eigenvalue weighted by molar-refractivity contribution is -0.158. The van der Waals surface area contributed by atoms with Gasteiger partial charge in [-0.2, -0.15) is 0 Å². The molecule has 2 amide bonds. The van der Waals surface area contributed by atoms with E-state index in [9.17, 15) is 27.6 Å². The van der Waals surface area contributed by atoms with Gasteiger partial charge in [0.1, 0.15) is 23.7 Å². The number of hydrogen-bond donors (Lipinski definition) is 1. The Morgan fingerprint density at radius 3 is 2.52 bits per heavy atom. The average Bonchev–Trinajstić information content (AvgIpc) is 4.04. The molecule has 3 aliphatic carbocycles. The van der Waals surface area contributed by atoms with Gasteiger partial charge in [-0.15, -0.1) is 6.58 Å². The molecule has 1 aromatic heterocycles. The molecular formula is C43H57N3O9S. The Morgan fingerprint density at radius 1 is 1.05 bits per heavy atom. The number of amides is 2. The number of hydrogen-bond acceptors (Lipinski definition) is 10. The summed E-state index contributed by atoms with van der Waals surface area (Å²) in [5.41, 5.74) is -0.324. The van der Waals surface area contributed by atoms with Gasteiger partial charge in [0.05, 0.1) is 53.9 Å². The fourth-order valence-electron chi connectivity index (χ4n) is 9.21. The van der Waals surface area contributed by atoms with Gasteiger partial charge in [0.25, 0.3) is 0 Å². The second-order valence-corrected chi connectivity index (χ2v) is 19.9. The van der Waals surface area contributed by atoms with Crippen molar-refractivity contribution in [2.75, 3.05) is 13.7 Å². The summed E-state index contributed by atoms with van der Waals surface area (Å²) in [6.07, 6.45) is 9.17. The molecule has 3 saturated carbocycles. The SMILES string of the molecule is C=C[C@H]1C[C@]1(CC(=O)[C@@H]1C[C@@H]2CN1C(=O)[C@H](C(C)(C)C)CC(=O)OC1CCC[C@H]1CCCCCc1nc3ccc(OC)cc3cc1O2)C(=O)NS(=O)(=O)C1CC1. The Bertz CT molecular complexity index is 1990. The second kappa shape index (κ2) is 15.7. The van der Waals surface area contributed by atoms with E-state index >= 15 is 0 Å². The number of Topliss-reactive ketones (excluding diaryl/α,β-unsaturated/α-hetero) is 1. The van der Waals surface area contributed by atoms with Crippen LogP contribution in [-0.2, 0) is 40.4 Å². The van der Waals surface area contributed by atoms with E-state index in [0.29, 0.717) is 30.8 Å². The predicted octanol–water partition coefficient (Wildman–Crippen LogP) is 6.23. The van der Waals surface area contributed by atoms with Gasteiger partial charge in [0.15, 0.2) is 5.78 Å². The Balaban J connectivity index is 1.23. The molecule has 4 fully saturated rings. The van der Waals surface area contributed by atoms with Crippen LogP contribution in [0.1, 0.15) is 110 Å². The monoisotopic (exact) mass is 791 g/mol. The van der Waals surface area contributed by atoms with Crippen molar-refractivity contribution in [3.63, 3.8) is 0 Å². The van der Waals surface area contributed by atoms with Crippen LogP contribution >= 0.6 is 0 Å². The molecule has 0 radical (unpaired) electrons. The largest absolute Gasteiger partial charge is 0.497 e. The third-order valence-electron chi connectivity index (χ3n) is 12.9. The van der Waals surface area contributed by atoms with E-state index in [0.717, 1.165) is 61.5 Å². The topological polar surface area (TPSA) is 158 Å². The van der Waals surface area contributed by atoms with Crippen LogP contribution in [-0.4, -0.2) is 79.0 Å². The number of fused-ring (bicyclic) bond motifs is 5. The molecule has 0 spiro atoms. The molecule has 7 rings (SSSR count). The number of rotatable bonds is 8. The van der Waals surface area contributed by atoms with Gasteiger partial charge in [-0.05, 0) is 99.3 Å². The van der Waals surface area contributed by atoms with Crippen LogP contribution < -0.4 is 14.2 Å². The Kier molecular flexibility index (Phi) is 11.3. The van der Waals surface area contributed by atoms with E-state index in [1.165, 1.54) is 4.90 Å². The number of nitrogens with one attached hydrogen (secondary N) is 1. The van der Waals surface area contributed by atoms with E-state index in [1.54, 1.807) is 13.2 Å². The van der Waals surface area contributed by atoms with Crippen molar-refractivity contribution in [3.05, 3.63) is 42.6 Å². The number of aryl methyl sites for hydroxylation is 1. The van der Waals surface area contributed by atoms with Gasteiger partial charge in [0, 0.05) is 18.2 Å². The van der Waals surface area contributed by atoms with Crippen LogP contribution in [0.5, 0.6) is 11.5 Å². The molecule has 1 unspecified atom stereocenters. The number of methoxy groups -OCH3 is 1. The van der Waals surface area contributed by atoms with Gasteiger partial charge in [-0.25, -0.2) is 13.4 Å². The minimum atomic E-state index is -3.85. The molecule has 7 atom stereocenters. The van der Waals surface area contributed by atoms with Gasteiger partial charge < -0.3 is 19.1 Å². The van der Waals surface area contributed by atoms with Crippen LogP contribution in [0.15, 0.2) is 36.9 Å². The molecule has 2 bridgehead atoms. The molecule has 304 valence electrons. The van der Waals surface area contributed by atoms with Gasteiger partial charge in [-0.3, -0.25) is 23.9 Å². The van der Waals surface area contributed by atoms with Crippen LogP contribution in [0.4, 0.5) is 0 Å². The molecule has 5 aliphatic rings. The van der Waals surface area contributed by atoms with E-state index in [4.69, 9.17) is 19.2 Å². The highest BCUT2D eigenvalue weighted by Crippen LogP contribution is 2.57. The van der Waals surface area contributed by atoms with Gasteiger partial charge >= 0.3 is 5.97 Å². The zero-order valence-electron chi connectivity index (χ0n) is 33.2. The normalized spacial score (nSPS) is 30.2. The van der Waals surface area contributed by atoms with E-state index in [1.807, 2.05) is 45.0 Å². The first kappa shape index (κ1) is 40.2. The number of ketones is 1. The molecule has 13 heteroatoms. The highest BCUT2D eigenvalue weighted by atomic mass is 32.2.